The van der Waals surface area contributed by atoms with Crippen molar-refractivity contribution in [3.63, 3.8) is 0 Å². The molecule has 3 aliphatic rings. The number of nitrogens with zero attached hydrogens (tertiary/aromatic N) is 3. The fraction of sp³-hybridized carbons (Fsp3) is 0.320. The van der Waals surface area contributed by atoms with E-state index in [1.165, 1.54) is 11.1 Å². The summed E-state index contributed by atoms with van der Waals surface area (Å²) in [4.78, 5) is 17.5. The Morgan fingerprint density at radius 3 is 2.77 bits per heavy atom. The van der Waals surface area contributed by atoms with E-state index < -0.39 is 0 Å². The lowest BCUT2D eigenvalue weighted by atomic mass is 9.89. The van der Waals surface area contributed by atoms with Gasteiger partial charge in [-0.1, -0.05) is 30.8 Å². The van der Waals surface area contributed by atoms with Gasteiger partial charge in [-0.2, -0.15) is 5.10 Å². The first-order chi connectivity index (χ1) is 15.0. The van der Waals surface area contributed by atoms with E-state index in [0.29, 0.717) is 5.70 Å². The van der Waals surface area contributed by atoms with Crippen LogP contribution in [0, 0.1) is 0 Å². The number of hydrogen-bond acceptors (Lipinski definition) is 4. The van der Waals surface area contributed by atoms with Crippen molar-refractivity contribution in [1.29, 1.82) is 0 Å². The second kappa shape index (κ2) is 6.54. The quantitative estimate of drug-likeness (QED) is 0.689. The zero-order valence-corrected chi connectivity index (χ0v) is 17.4. The average Bonchev–Trinajstić information content (AvgIpc) is 3.38. The molecule has 1 amide bonds. The third kappa shape index (κ3) is 3.05. The second-order valence-electron chi connectivity index (χ2n) is 9.15. The number of carbonyl (C=O) groups excluding carboxylic acids is 1. The molecule has 0 unspecified atom stereocenters. The van der Waals surface area contributed by atoms with Crippen LogP contribution in [0.3, 0.4) is 0 Å². The number of benzene rings is 1. The van der Waals surface area contributed by atoms with Gasteiger partial charge in [0.15, 0.2) is 0 Å². The molecule has 1 aromatic carbocycles. The Morgan fingerprint density at radius 2 is 2.03 bits per heavy atom. The van der Waals surface area contributed by atoms with Crippen LogP contribution < -0.4 is 11.1 Å². The molecule has 3 aromatic rings. The third-order valence-electron chi connectivity index (χ3n) is 6.82. The second-order valence-corrected chi connectivity index (χ2v) is 9.15. The zero-order valence-electron chi connectivity index (χ0n) is 17.4. The Kier molecular flexibility index (Phi) is 3.88. The molecule has 0 atom stereocenters. The van der Waals surface area contributed by atoms with Gasteiger partial charge in [0.05, 0.1) is 23.5 Å². The Hall–Kier alpha value is -3.41. The summed E-state index contributed by atoms with van der Waals surface area (Å²) in [5.41, 5.74) is 14.7. The maximum atomic E-state index is 12.8. The summed E-state index contributed by atoms with van der Waals surface area (Å²) in [6.07, 6.45) is 7.46. The van der Waals surface area contributed by atoms with Gasteiger partial charge in [0.1, 0.15) is 5.69 Å². The topological polar surface area (TPSA) is 85.8 Å². The van der Waals surface area contributed by atoms with Gasteiger partial charge in [0.25, 0.3) is 5.91 Å². The first kappa shape index (κ1) is 18.4. The van der Waals surface area contributed by atoms with Gasteiger partial charge in [0, 0.05) is 28.6 Å². The van der Waals surface area contributed by atoms with Gasteiger partial charge in [0.2, 0.25) is 0 Å². The van der Waals surface area contributed by atoms with Gasteiger partial charge in [-0.05, 0) is 55.7 Å². The van der Waals surface area contributed by atoms with Crippen LogP contribution in [0.5, 0.6) is 0 Å². The van der Waals surface area contributed by atoms with E-state index in [1.807, 2.05) is 10.9 Å². The molecule has 0 saturated heterocycles. The van der Waals surface area contributed by atoms with Gasteiger partial charge >= 0.3 is 0 Å². The molecule has 156 valence electrons. The molecule has 6 nitrogen and oxygen atoms in total. The molecule has 0 bridgehead atoms. The summed E-state index contributed by atoms with van der Waals surface area (Å²) < 4.78 is 1.95. The zero-order chi connectivity index (χ0) is 21.2. The van der Waals surface area contributed by atoms with Crippen LogP contribution in [-0.2, 0) is 25.8 Å². The molecular weight excluding hydrogens is 386 g/mol. The molecule has 3 heterocycles. The summed E-state index contributed by atoms with van der Waals surface area (Å²) in [6, 6.07) is 10.6. The molecule has 6 rings (SSSR count). The van der Waals surface area contributed by atoms with Crippen molar-refractivity contribution in [3.8, 4) is 22.5 Å². The highest BCUT2D eigenvalue weighted by Crippen LogP contribution is 2.43. The summed E-state index contributed by atoms with van der Waals surface area (Å²) in [5, 5.41) is 8.13. The molecule has 1 fully saturated rings. The highest BCUT2D eigenvalue weighted by atomic mass is 16.2. The number of pyridine rings is 1. The number of nitrogens with one attached hydrogen (secondary N) is 1. The summed E-state index contributed by atoms with van der Waals surface area (Å²) in [6.45, 7) is 4.55. The van der Waals surface area contributed by atoms with Crippen LogP contribution in [0.2, 0.25) is 0 Å². The van der Waals surface area contributed by atoms with Crippen molar-refractivity contribution in [1.82, 2.24) is 20.1 Å². The minimum Gasteiger partial charge on any atom is -0.403 e. The average molecular weight is 412 g/mol. The van der Waals surface area contributed by atoms with E-state index in [4.69, 9.17) is 15.8 Å². The van der Waals surface area contributed by atoms with Crippen LogP contribution in [0.1, 0.15) is 46.4 Å². The van der Waals surface area contributed by atoms with Gasteiger partial charge in [-0.15, -0.1) is 0 Å². The van der Waals surface area contributed by atoms with E-state index in [2.05, 4.69) is 42.2 Å². The summed E-state index contributed by atoms with van der Waals surface area (Å²) >= 11 is 0. The number of aryl methyl sites for hydroxylation is 2. The smallest absolute Gasteiger partial charge is 0.270 e. The minimum absolute atomic E-state index is 0.0333. The molecule has 31 heavy (non-hydrogen) atoms. The number of allylic oxidation sites excluding steroid dienone is 1. The number of carbonyl (C=O) groups is 1. The number of aromatic nitrogens is 3. The Morgan fingerprint density at radius 1 is 1.23 bits per heavy atom. The number of fused-ring (bicyclic) bond motifs is 5. The molecule has 2 aliphatic carbocycles. The van der Waals surface area contributed by atoms with Crippen molar-refractivity contribution in [3.05, 3.63) is 71.2 Å². The van der Waals surface area contributed by atoms with Crippen molar-refractivity contribution in [2.75, 3.05) is 0 Å². The first-order valence-electron chi connectivity index (χ1n) is 11.0. The number of rotatable bonds is 4. The molecule has 3 N–H and O–H groups in total. The lowest BCUT2D eigenvalue weighted by Crippen LogP contribution is -2.46. The molecule has 1 spiro atoms. The fourth-order valence-corrected chi connectivity index (χ4v) is 4.85. The number of amides is 1. The normalized spacial score (nSPS) is 17.5. The molecule has 1 aliphatic heterocycles. The Balaban J connectivity index is 1.36. The Bertz CT molecular complexity index is 1230. The van der Waals surface area contributed by atoms with Gasteiger partial charge < -0.3 is 11.1 Å². The highest BCUT2D eigenvalue weighted by Gasteiger charge is 2.49. The molecule has 2 aromatic heterocycles. The standard InChI is InChI=1S/C25H25N5O/c1-15(26)2-3-16-4-6-17(7-5-16)21-12-20-18(13-27-21)8-9-19-22(20)29-30-14-25(10-11-25)28-24(31)23(19)30/h4-7,12-13H,1-3,8-11,14,26H2,(H,28,31). The van der Waals surface area contributed by atoms with Crippen LogP contribution in [-0.4, -0.2) is 26.2 Å². The number of hydrogen-bond donors (Lipinski definition) is 2. The Labute approximate surface area is 181 Å². The predicted octanol–water partition coefficient (Wildman–Crippen LogP) is 3.39. The predicted molar refractivity (Wildman–Crippen MR) is 119 cm³/mol. The van der Waals surface area contributed by atoms with E-state index in [0.717, 1.165) is 78.8 Å². The molecule has 1 saturated carbocycles. The molecule has 6 heteroatoms. The number of nitrogens with two attached hydrogens (primary N) is 1. The summed E-state index contributed by atoms with van der Waals surface area (Å²) in [7, 11) is 0. The first-order valence-corrected chi connectivity index (χ1v) is 11.0. The van der Waals surface area contributed by atoms with Crippen molar-refractivity contribution in [2.24, 2.45) is 5.73 Å². The van der Waals surface area contributed by atoms with Crippen LogP contribution in [0.4, 0.5) is 0 Å². The third-order valence-corrected chi connectivity index (χ3v) is 6.82. The monoisotopic (exact) mass is 411 g/mol. The van der Waals surface area contributed by atoms with E-state index in [9.17, 15) is 4.79 Å². The lowest BCUT2D eigenvalue weighted by Gasteiger charge is -2.24. The van der Waals surface area contributed by atoms with Crippen molar-refractivity contribution >= 4 is 5.91 Å². The highest BCUT2D eigenvalue weighted by molar-refractivity contribution is 5.98. The maximum Gasteiger partial charge on any atom is 0.270 e. The van der Waals surface area contributed by atoms with E-state index in [-0.39, 0.29) is 11.4 Å². The van der Waals surface area contributed by atoms with Gasteiger partial charge in [-0.25, -0.2) is 0 Å². The van der Waals surface area contributed by atoms with Crippen molar-refractivity contribution < 1.29 is 4.79 Å². The fourth-order valence-electron chi connectivity index (χ4n) is 4.85. The van der Waals surface area contributed by atoms with Gasteiger partial charge in [-0.3, -0.25) is 14.5 Å². The largest absolute Gasteiger partial charge is 0.403 e. The summed E-state index contributed by atoms with van der Waals surface area (Å²) in [5.74, 6) is 0.0333. The SMILES string of the molecule is C=C(N)CCc1ccc(-c2cc3c(cn2)CCc2c-3nn3c2C(=O)NC2(CC2)C3)cc1. The van der Waals surface area contributed by atoms with Crippen LogP contribution in [0.25, 0.3) is 22.5 Å². The molecule has 0 radical (unpaired) electrons. The lowest BCUT2D eigenvalue weighted by molar-refractivity contribution is 0.0885. The van der Waals surface area contributed by atoms with E-state index >= 15 is 0 Å². The van der Waals surface area contributed by atoms with Crippen molar-refractivity contribution in [2.45, 2.75) is 50.6 Å². The van der Waals surface area contributed by atoms with E-state index in [1.54, 1.807) is 0 Å². The van der Waals surface area contributed by atoms with Crippen LogP contribution in [0.15, 0.2) is 48.8 Å². The minimum atomic E-state index is -0.0526. The van der Waals surface area contributed by atoms with Crippen LogP contribution >= 0.6 is 0 Å². The molecular formula is C25H25N5O. The maximum absolute atomic E-state index is 12.8.